The summed E-state index contributed by atoms with van der Waals surface area (Å²) in [6, 6.07) is 0.791. The van der Waals surface area contributed by atoms with Gasteiger partial charge >= 0.3 is 5.97 Å². The molecule has 1 rings (SSSR count). The van der Waals surface area contributed by atoms with E-state index in [0.29, 0.717) is 0 Å². The highest BCUT2D eigenvalue weighted by atomic mass is 19.3. The molecule has 1 aromatic heterocycles. The highest BCUT2D eigenvalue weighted by Crippen LogP contribution is 2.13. The smallest absolute Gasteiger partial charge is 0.310 e. The van der Waals surface area contributed by atoms with Gasteiger partial charge in [0.25, 0.3) is 6.43 Å². The normalized spacial score (nSPS) is 10.5. The first-order valence-corrected chi connectivity index (χ1v) is 4.70. The van der Waals surface area contributed by atoms with E-state index >= 15 is 0 Å². The van der Waals surface area contributed by atoms with Crippen molar-refractivity contribution >= 4 is 5.97 Å². The van der Waals surface area contributed by atoms with Gasteiger partial charge in [-0.05, 0) is 6.92 Å². The maximum Gasteiger partial charge on any atom is 0.310 e. The second kappa shape index (κ2) is 5.39. The maximum atomic E-state index is 12.2. The molecule has 0 aliphatic heterocycles. The number of nitrogens with one attached hydrogen (secondary N) is 1. The lowest BCUT2D eigenvalue weighted by Crippen LogP contribution is -2.16. The number of carbonyl (C=O) groups excluding carboxylic acids is 1. The second-order valence-electron chi connectivity index (χ2n) is 3.06. The van der Waals surface area contributed by atoms with Gasteiger partial charge in [-0.15, -0.1) is 0 Å². The van der Waals surface area contributed by atoms with Gasteiger partial charge in [0.2, 0.25) is 0 Å². The van der Waals surface area contributed by atoms with Crippen LogP contribution in [-0.4, -0.2) is 17.6 Å². The Bertz CT molecular complexity index is 428. The van der Waals surface area contributed by atoms with Crippen LogP contribution in [-0.2, 0) is 16.0 Å². The molecule has 0 aliphatic carbocycles. The van der Waals surface area contributed by atoms with Gasteiger partial charge in [-0.2, -0.15) is 0 Å². The van der Waals surface area contributed by atoms with E-state index in [4.69, 9.17) is 0 Å². The van der Waals surface area contributed by atoms with Crippen LogP contribution in [0.5, 0.6) is 0 Å². The molecule has 0 amide bonds. The molecule has 1 N–H and O–H groups in total. The maximum absolute atomic E-state index is 12.2. The molecule has 0 aromatic carbocycles. The fraction of sp³-hybridized carbons (Fsp3) is 0.400. The lowest BCUT2D eigenvalue weighted by Gasteiger charge is -2.03. The number of hydrogen-bond donors (Lipinski definition) is 1. The summed E-state index contributed by atoms with van der Waals surface area (Å²) >= 11 is 0. The molecule has 0 radical (unpaired) electrons. The van der Waals surface area contributed by atoms with E-state index in [9.17, 15) is 18.4 Å². The number of aromatic nitrogens is 1. The molecule has 0 aliphatic rings. The van der Waals surface area contributed by atoms with Gasteiger partial charge in [-0.25, -0.2) is 8.78 Å². The van der Waals surface area contributed by atoms with Gasteiger partial charge < -0.3 is 9.72 Å². The van der Waals surface area contributed by atoms with Crippen LogP contribution in [0.3, 0.4) is 0 Å². The Morgan fingerprint density at radius 1 is 1.56 bits per heavy atom. The standard InChI is InChI=1S/C10H11F2NO3/c1-2-16-9(15)3-6-5-13-7(10(11)12)4-8(6)14/h4-5,10H,2-3H2,1H3,(H,13,14). The van der Waals surface area contributed by atoms with Crippen LogP contribution < -0.4 is 5.43 Å². The quantitative estimate of drug-likeness (QED) is 0.797. The Balaban J connectivity index is 2.83. The van der Waals surface area contributed by atoms with Crippen molar-refractivity contribution in [3.05, 3.63) is 33.7 Å². The summed E-state index contributed by atoms with van der Waals surface area (Å²) in [5.41, 5.74) is -0.942. The molecule has 0 saturated heterocycles. The molecule has 0 bridgehead atoms. The lowest BCUT2D eigenvalue weighted by atomic mass is 10.2. The predicted octanol–water partition coefficient (Wildman–Crippen LogP) is 1.42. The van der Waals surface area contributed by atoms with E-state index in [-0.39, 0.29) is 18.6 Å². The molecule has 1 aromatic rings. The van der Waals surface area contributed by atoms with E-state index < -0.39 is 23.5 Å². The average molecular weight is 231 g/mol. The molecule has 16 heavy (non-hydrogen) atoms. The number of carbonyl (C=O) groups is 1. The Morgan fingerprint density at radius 2 is 2.25 bits per heavy atom. The van der Waals surface area contributed by atoms with Crippen molar-refractivity contribution in [1.29, 1.82) is 0 Å². The summed E-state index contributed by atoms with van der Waals surface area (Å²) in [5.74, 6) is -0.558. The lowest BCUT2D eigenvalue weighted by molar-refractivity contribution is -0.142. The fourth-order valence-corrected chi connectivity index (χ4v) is 1.15. The van der Waals surface area contributed by atoms with Gasteiger partial charge in [-0.3, -0.25) is 9.59 Å². The van der Waals surface area contributed by atoms with Crippen molar-refractivity contribution in [2.24, 2.45) is 0 Å². The first kappa shape index (κ1) is 12.4. The average Bonchev–Trinajstić information content (AvgIpc) is 2.21. The third-order valence-corrected chi connectivity index (χ3v) is 1.89. The summed E-state index contributed by atoms with van der Waals surface area (Å²) in [6.45, 7) is 1.86. The van der Waals surface area contributed by atoms with E-state index in [1.807, 2.05) is 0 Å². The minimum Gasteiger partial charge on any atom is -0.466 e. The Labute approximate surface area is 90.2 Å². The van der Waals surface area contributed by atoms with Gasteiger partial charge in [0.1, 0.15) is 0 Å². The molecule has 0 fully saturated rings. The first-order chi connectivity index (χ1) is 7.54. The van der Waals surface area contributed by atoms with E-state index in [1.54, 1.807) is 6.92 Å². The number of halogens is 2. The zero-order chi connectivity index (χ0) is 12.1. The van der Waals surface area contributed by atoms with Gasteiger partial charge in [-0.1, -0.05) is 0 Å². The third kappa shape index (κ3) is 3.15. The van der Waals surface area contributed by atoms with Crippen LogP contribution in [0.25, 0.3) is 0 Å². The minimum absolute atomic E-state index is 0.114. The van der Waals surface area contributed by atoms with Gasteiger partial charge in [0.15, 0.2) is 5.43 Å². The van der Waals surface area contributed by atoms with Crippen LogP contribution in [0.4, 0.5) is 8.78 Å². The van der Waals surface area contributed by atoms with Crippen molar-refractivity contribution in [2.45, 2.75) is 19.8 Å². The zero-order valence-electron chi connectivity index (χ0n) is 8.63. The van der Waals surface area contributed by atoms with Crippen LogP contribution in [0.15, 0.2) is 17.1 Å². The second-order valence-corrected chi connectivity index (χ2v) is 3.06. The van der Waals surface area contributed by atoms with E-state index in [1.165, 1.54) is 0 Å². The number of rotatable bonds is 4. The minimum atomic E-state index is -2.73. The summed E-state index contributed by atoms with van der Waals surface area (Å²) in [7, 11) is 0. The van der Waals surface area contributed by atoms with Crippen LogP contribution in [0.2, 0.25) is 0 Å². The highest BCUT2D eigenvalue weighted by Gasteiger charge is 2.12. The van der Waals surface area contributed by atoms with Crippen LogP contribution in [0, 0.1) is 0 Å². The predicted molar refractivity (Wildman–Crippen MR) is 52.4 cm³/mol. The number of aromatic amines is 1. The summed E-state index contributed by atoms with van der Waals surface area (Å²) in [5, 5.41) is 0. The Hall–Kier alpha value is -1.72. The number of H-pyrrole nitrogens is 1. The Kier molecular flexibility index (Phi) is 4.16. The van der Waals surface area contributed by atoms with Crippen molar-refractivity contribution in [1.82, 2.24) is 4.98 Å². The number of alkyl halides is 2. The third-order valence-electron chi connectivity index (χ3n) is 1.89. The number of hydrogen-bond acceptors (Lipinski definition) is 3. The number of pyridine rings is 1. The van der Waals surface area contributed by atoms with Gasteiger partial charge in [0, 0.05) is 17.8 Å². The largest absolute Gasteiger partial charge is 0.466 e. The van der Waals surface area contributed by atoms with Crippen molar-refractivity contribution in [2.75, 3.05) is 6.61 Å². The zero-order valence-corrected chi connectivity index (χ0v) is 8.63. The summed E-state index contributed by atoms with van der Waals surface area (Å²) < 4.78 is 29.0. The first-order valence-electron chi connectivity index (χ1n) is 4.70. The Morgan fingerprint density at radius 3 is 2.75 bits per heavy atom. The molecular weight excluding hydrogens is 220 g/mol. The SMILES string of the molecule is CCOC(=O)Cc1c[nH]c(C(F)F)cc1=O. The van der Waals surface area contributed by atoms with E-state index in [2.05, 4.69) is 9.72 Å². The molecule has 0 saturated carbocycles. The monoisotopic (exact) mass is 231 g/mol. The van der Waals surface area contributed by atoms with Crippen molar-refractivity contribution < 1.29 is 18.3 Å². The molecule has 0 spiro atoms. The molecule has 4 nitrogen and oxygen atoms in total. The van der Waals surface area contributed by atoms with E-state index in [0.717, 1.165) is 12.3 Å². The summed E-state index contributed by atoms with van der Waals surface area (Å²) in [4.78, 5) is 24.7. The van der Waals surface area contributed by atoms with Crippen molar-refractivity contribution in [3.8, 4) is 0 Å². The summed E-state index contributed by atoms with van der Waals surface area (Å²) in [6.07, 6.45) is -1.84. The molecule has 6 heteroatoms. The number of ether oxygens (including phenoxy) is 1. The topological polar surface area (TPSA) is 59.2 Å². The van der Waals surface area contributed by atoms with Crippen molar-refractivity contribution in [3.63, 3.8) is 0 Å². The van der Waals surface area contributed by atoms with Crippen LogP contribution >= 0.6 is 0 Å². The molecule has 1 heterocycles. The molecular formula is C10H11F2NO3. The molecule has 0 unspecified atom stereocenters. The fourth-order valence-electron chi connectivity index (χ4n) is 1.15. The van der Waals surface area contributed by atoms with Crippen LogP contribution in [0.1, 0.15) is 24.6 Å². The molecule has 0 atom stereocenters. The van der Waals surface area contributed by atoms with Gasteiger partial charge in [0.05, 0.1) is 18.7 Å². The molecule has 88 valence electrons. The number of esters is 1. The highest BCUT2D eigenvalue weighted by molar-refractivity contribution is 5.72.